The second kappa shape index (κ2) is 9.99. The minimum absolute atomic E-state index is 0.355. The lowest BCUT2D eigenvalue weighted by molar-refractivity contribution is -0.150. The molecule has 1 aromatic rings. The summed E-state index contributed by atoms with van der Waals surface area (Å²) in [4.78, 5) is 10.6. The number of hydrogen-bond donors (Lipinski definition) is 0. The van der Waals surface area contributed by atoms with Gasteiger partial charge in [-0.25, -0.2) is 4.79 Å². The van der Waals surface area contributed by atoms with E-state index in [9.17, 15) is 4.79 Å². The Hall–Kier alpha value is -1.83. The average Bonchev–Trinajstić information content (AvgIpc) is 2.54. The highest BCUT2D eigenvalue weighted by Crippen LogP contribution is 2.18. The van der Waals surface area contributed by atoms with Crippen molar-refractivity contribution in [1.29, 1.82) is 0 Å². The summed E-state index contributed by atoms with van der Waals surface area (Å²) >= 11 is 0. The lowest BCUT2D eigenvalue weighted by Gasteiger charge is -2.21. The summed E-state index contributed by atoms with van der Waals surface area (Å²) in [5.74, 6) is 0.315. The van der Waals surface area contributed by atoms with Crippen LogP contribution in [0.25, 0.3) is 6.08 Å². The van der Waals surface area contributed by atoms with Gasteiger partial charge in [0.1, 0.15) is 5.60 Å². The van der Waals surface area contributed by atoms with Crippen molar-refractivity contribution in [3.8, 4) is 0 Å². The quantitative estimate of drug-likeness (QED) is 0.494. The van der Waals surface area contributed by atoms with Crippen molar-refractivity contribution in [2.45, 2.75) is 59.0 Å². The van der Waals surface area contributed by atoms with Gasteiger partial charge in [0.15, 0.2) is 0 Å². The van der Waals surface area contributed by atoms with Crippen LogP contribution in [-0.2, 0) is 9.53 Å². The summed E-state index contributed by atoms with van der Waals surface area (Å²) in [6, 6.07) is 8.61. The third-order valence-electron chi connectivity index (χ3n) is 3.75. The molecule has 22 heavy (non-hydrogen) atoms. The molecule has 1 atom stereocenters. The van der Waals surface area contributed by atoms with E-state index in [0.29, 0.717) is 5.92 Å². The first-order valence-electron chi connectivity index (χ1n) is 7.87. The Morgan fingerprint density at radius 2 is 1.77 bits per heavy atom. The number of rotatable bonds is 6. The Kier molecular flexibility index (Phi) is 9.16. The zero-order chi connectivity index (χ0) is 17.2. The van der Waals surface area contributed by atoms with Crippen molar-refractivity contribution in [2.24, 2.45) is 0 Å². The van der Waals surface area contributed by atoms with Gasteiger partial charge in [0, 0.05) is 6.08 Å². The number of hydrogen-bond acceptors (Lipinski definition) is 2. The van der Waals surface area contributed by atoms with Gasteiger partial charge < -0.3 is 4.74 Å². The standard InChI is InChI=1S/C12H16.C8H14O2/c1-4-10(3)12-8-6-11(5-2)7-9-12;1-5-7(9)10-8(3,4)6-2/h5-10H,2,4H2,1,3H3;5H,1,6H2,2-4H3. The van der Waals surface area contributed by atoms with Crippen LogP contribution >= 0.6 is 0 Å². The minimum atomic E-state index is -0.356. The van der Waals surface area contributed by atoms with Crippen molar-refractivity contribution in [3.05, 3.63) is 54.6 Å². The fourth-order valence-corrected chi connectivity index (χ4v) is 1.58. The lowest BCUT2D eigenvalue weighted by atomic mass is 9.98. The molecule has 0 spiro atoms. The maximum absolute atomic E-state index is 10.6. The van der Waals surface area contributed by atoms with E-state index in [1.807, 2.05) is 26.8 Å². The zero-order valence-corrected chi connectivity index (χ0v) is 14.7. The van der Waals surface area contributed by atoms with E-state index in [-0.39, 0.29) is 11.6 Å². The van der Waals surface area contributed by atoms with E-state index < -0.39 is 0 Å². The molecular weight excluding hydrogens is 272 g/mol. The predicted octanol–water partition coefficient (Wildman–Crippen LogP) is 5.75. The van der Waals surface area contributed by atoms with Crippen LogP contribution in [0.2, 0.25) is 0 Å². The molecule has 0 saturated heterocycles. The van der Waals surface area contributed by atoms with Gasteiger partial charge in [-0.15, -0.1) is 0 Å². The lowest BCUT2D eigenvalue weighted by Crippen LogP contribution is -2.25. The molecule has 0 heterocycles. The summed E-state index contributed by atoms with van der Waals surface area (Å²) in [6.45, 7) is 17.2. The molecule has 0 fully saturated rings. The molecule has 2 nitrogen and oxygen atoms in total. The third-order valence-corrected chi connectivity index (χ3v) is 3.75. The Morgan fingerprint density at radius 3 is 2.14 bits per heavy atom. The first-order chi connectivity index (χ1) is 10.3. The van der Waals surface area contributed by atoms with Gasteiger partial charge in [-0.1, -0.05) is 64.3 Å². The van der Waals surface area contributed by atoms with Gasteiger partial charge in [-0.3, -0.25) is 0 Å². The summed E-state index contributed by atoms with van der Waals surface area (Å²) in [5, 5.41) is 0. The van der Waals surface area contributed by atoms with Gasteiger partial charge in [0.2, 0.25) is 0 Å². The van der Waals surface area contributed by atoms with E-state index in [1.165, 1.54) is 23.6 Å². The molecule has 0 saturated carbocycles. The molecule has 2 heteroatoms. The maximum Gasteiger partial charge on any atom is 0.330 e. The van der Waals surface area contributed by atoms with Gasteiger partial charge in [-0.05, 0) is 43.7 Å². The van der Waals surface area contributed by atoms with Gasteiger partial charge in [0.25, 0.3) is 0 Å². The SMILES string of the molecule is C=CC(=O)OC(C)(C)CC.C=Cc1ccc(C(C)CC)cc1. The molecule has 0 aliphatic carbocycles. The maximum atomic E-state index is 10.6. The summed E-state index contributed by atoms with van der Waals surface area (Å²) < 4.78 is 4.98. The van der Waals surface area contributed by atoms with E-state index >= 15 is 0 Å². The highest BCUT2D eigenvalue weighted by molar-refractivity contribution is 5.81. The summed E-state index contributed by atoms with van der Waals surface area (Å²) in [7, 11) is 0. The summed E-state index contributed by atoms with van der Waals surface area (Å²) in [5.41, 5.74) is 2.26. The Balaban J connectivity index is 0.000000409. The number of carbonyl (C=O) groups excluding carboxylic acids is 1. The molecule has 0 aromatic heterocycles. The van der Waals surface area contributed by atoms with Crippen molar-refractivity contribution < 1.29 is 9.53 Å². The smallest absolute Gasteiger partial charge is 0.330 e. The number of esters is 1. The molecule has 1 rings (SSSR count). The van der Waals surface area contributed by atoms with Crippen LogP contribution in [0.1, 0.15) is 64.5 Å². The third kappa shape index (κ3) is 7.82. The van der Waals surface area contributed by atoms with Gasteiger partial charge >= 0.3 is 5.97 Å². The highest BCUT2D eigenvalue weighted by atomic mass is 16.6. The average molecular weight is 302 g/mol. The molecule has 1 unspecified atom stereocenters. The van der Waals surface area contributed by atoms with Crippen LogP contribution in [0.3, 0.4) is 0 Å². The van der Waals surface area contributed by atoms with E-state index in [1.54, 1.807) is 0 Å². The number of ether oxygens (including phenoxy) is 1. The van der Waals surface area contributed by atoms with Crippen molar-refractivity contribution in [1.82, 2.24) is 0 Å². The number of carbonyl (C=O) groups is 1. The van der Waals surface area contributed by atoms with Crippen LogP contribution in [0.4, 0.5) is 0 Å². The predicted molar refractivity (Wildman–Crippen MR) is 95.9 cm³/mol. The van der Waals surface area contributed by atoms with E-state index in [0.717, 1.165) is 6.42 Å². The second-order valence-electron chi connectivity index (χ2n) is 5.92. The topological polar surface area (TPSA) is 26.3 Å². The largest absolute Gasteiger partial charge is 0.457 e. The molecule has 0 amide bonds. The monoisotopic (exact) mass is 302 g/mol. The molecule has 0 bridgehead atoms. The molecule has 0 aliphatic heterocycles. The second-order valence-corrected chi connectivity index (χ2v) is 5.92. The van der Waals surface area contributed by atoms with E-state index in [4.69, 9.17) is 4.74 Å². The van der Waals surface area contributed by atoms with Crippen molar-refractivity contribution >= 4 is 12.0 Å². The van der Waals surface area contributed by atoms with Crippen LogP contribution in [0.5, 0.6) is 0 Å². The van der Waals surface area contributed by atoms with Crippen molar-refractivity contribution in [3.63, 3.8) is 0 Å². The molecule has 0 aliphatic rings. The zero-order valence-electron chi connectivity index (χ0n) is 14.7. The minimum Gasteiger partial charge on any atom is -0.457 e. The van der Waals surface area contributed by atoms with Gasteiger partial charge in [0.05, 0.1) is 0 Å². The first-order valence-corrected chi connectivity index (χ1v) is 7.87. The molecule has 122 valence electrons. The molecule has 0 N–H and O–H groups in total. The van der Waals surface area contributed by atoms with Crippen LogP contribution in [0.15, 0.2) is 43.5 Å². The fourth-order valence-electron chi connectivity index (χ4n) is 1.58. The highest BCUT2D eigenvalue weighted by Gasteiger charge is 2.18. The Labute approximate surface area is 135 Å². The molecule has 1 aromatic carbocycles. The number of benzene rings is 1. The van der Waals surface area contributed by atoms with Gasteiger partial charge in [-0.2, -0.15) is 0 Å². The first kappa shape index (κ1) is 20.2. The molecular formula is C20H30O2. The molecule has 0 radical (unpaired) electrons. The Morgan fingerprint density at radius 1 is 1.23 bits per heavy atom. The fraction of sp³-hybridized carbons (Fsp3) is 0.450. The summed E-state index contributed by atoms with van der Waals surface area (Å²) in [6.07, 6.45) is 5.07. The Bertz CT molecular complexity index is 469. The van der Waals surface area contributed by atoms with Crippen LogP contribution in [-0.4, -0.2) is 11.6 Å². The van der Waals surface area contributed by atoms with Crippen LogP contribution < -0.4 is 0 Å². The van der Waals surface area contributed by atoms with Crippen molar-refractivity contribution in [2.75, 3.05) is 0 Å². The van der Waals surface area contributed by atoms with Crippen LogP contribution in [0, 0.1) is 0 Å². The normalized spacial score (nSPS) is 11.7. The van der Waals surface area contributed by atoms with E-state index in [2.05, 4.69) is 51.3 Å².